The lowest BCUT2D eigenvalue weighted by molar-refractivity contribution is -0.339. The smallest absolute Gasteiger partial charge is 0.302 e. The van der Waals surface area contributed by atoms with Crippen molar-refractivity contribution in [2.24, 2.45) is 52.3 Å². The van der Waals surface area contributed by atoms with Gasteiger partial charge in [-0.05, 0) is 111 Å². The van der Waals surface area contributed by atoms with Crippen molar-refractivity contribution in [1.29, 1.82) is 0 Å². The van der Waals surface area contributed by atoms with E-state index in [1.54, 1.807) is 6.92 Å². The number of esters is 1. The van der Waals surface area contributed by atoms with Gasteiger partial charge in [-0.3, -0.25) is 4.79 Å². The van der Waals surface area contributed by atoms with Crippen LogP contribution in [0, 0.1) is 52.3 Å². The zero-order valence-corrected chi connectivity index (χ0v) is 38.5. The lowest BCUT2D eigenvalue weighted by Crippen LogP contribution is -2.63. The summed E-state index contributed by atoms with van der Waals surface area (Å²) in [5, 5.41) is 110. The van der Waals surface area contributed by atoms with Crippen LogP contribution in [0.3, 0.4) is 0 Å². The third kappa shape index (κ3) is 9.32. The Morgan fingerprint density at radius 1 is 0.797 bits per heavy atom. The van der Waals surface area contributed by atoms with Crippen LogP contribution in [0.1, 0.15) is 106 Å². The van der Waals surface area contributed by atoms with Gasteiger partial charge in [0.05, 0.1) is 43.7 Å². The van der Waals surface area contributed by atoms with Crippen LogP contribution in [0.5, 0.6) is 0 Å². The molecule has 4 aliphatic carbocycles. The number of rotatable bonds is 14. The fourth-order valence-corrected chi connectivity index (χ4v) is 13.6. The number of carbonyl (C=O) groups is 1. The maximum atomic E-state index is 12.0. The molecule has 18 nitrogen and oxygen atoms in total. The summed E-state index contributed by atoms with van der Waals surface area (Å²) in [5.74, 6) is -0.282. The molecule has 18 heteroatoms. The molecule has 7 aliphatic rings. The van der Waals surface area contributed by atoms with Crippen molar-refractivity contribution in [1.82, 2.24) is 0 Å². The summed E-state index contributed by atoms with van der Waals surface area (Å²) < 4.78 is 42.4. The van der Waals surface area contributed by atoms with E-state index in [2.05, 4.69) is 34.6 Å². The maximum Gasteiger partial charge on any atom is 0.302 e. The Bertz CT molecular complexity index is 1570. The number of ether oxygens (including phenoxy) is 7. The zero-order valence-electron chi connectivity index (χ0n) is 38.5. The molecular weight excluding hydrogens is 840 g/mol. The Morgan fingerprint density at radius 2 is 1.48 bits per heavy atom. The average molecular weight is 919 g/mol. The minimum Gasteiger partial charge on any atom is -0.463 e. The number of hydrogen-bond donors (Lipinski definition) is 10. The fraction of sp³-hybridized carbons (Fsp3) is 0.978. The predicted molar refractivity (Wildman–Crippen MR) is 223 cm³/mol. The Hall–Kier alpha value is -1.17. The second-order valence-corrected chi connectivity index (χ2v) is 21.6. The molecule has 10 N–H and O–H groups in total. The SMILES string of the molecule is CC(=O)OC[C@@H]1O[C@H](O[C@H]2C[C@H]3[C@@H]4CC[C@H]5C[C@@H](O)C[C@@H](O[C@@H]6O[C@@H](C)[C@H](O)[C@@H](O)[C@H]6O)[C@]5(C)[C@H]4CC[C@]3(C)[C@H]2[C@H](C)[C@@H](O)CCC(C)C)[C@@H](O)[C@H](O)[C@H]1O[C@@H]1OC[C@](O)(CO)[C@H]1O. The Labute approximate surface area is 376 Å². The summed E-state index contributed by atoms with van der Waals surface area (Å²) in [4.78, 5) is 12.0. The molecule has 3 aliphatic heterocycles. The lowest BCUT2D eigenvalue weighted by atomic mass is 9.43. The molecule has 0 aromatic carbocycles. The maximum absolute atomic E-state index is 12.0. The molecular formula is C46H78O18. The Balaban J connectivity index is 1.16. The van der Waals surface area contributed by atoms with Gasteiger partial charge in [0.15, 0.2) is 18.9 Å². The van der Waals surface area contributed by atoms with Crippen LogP contribution in [-0.2, 0) is 38.0 Å². The standard InChI is InChI=1S/C46H78O18/c1-20(2)8-11-29(50)21(3)33-30(61-42-38(55)36(53)39(31(62-42)17-58-23(5)48)64-43-40(56)46(57,18-47)19-59-43)16-28-26-10-9-24-14-25(49)15-32(45(24,7)27(26)12-13-44(28,33)6)63-41-37(54)35(52)34(51)22(4)60-41/h20-22,24-43,47,49-57H,8-19H2,1-7H3/t21-,22+,24+,25-,26-,27+,28+,29+,30+,31+,32-,33+,34+,35-,36+,37-,38+,39+,40+,41+,42+,43+,44+,45+,46-/m1/s1. The van der Waals surface area contributed by atoms with Crippen molar-refractivity contribution in [3.05, 3.63) is 0 Å². The van der Waals surface area contributed by atoms with E-state index < -0.39 is 135 Å². The zero-order chi connectivity index (χ0) is 46.8. The molecule has 0 bridgehead atoms. The van der Waals surface area contributed by atoms with Crippen molar-refractivity contribution in [2.75, 3.05) is 19.8 Å². The molecule has 0 amide bonds. The summed E-state index contributed by atoms with van der Waals surface area (Å²) in [6.45, 7) is 11.9. The molecule has 3 saturated heterocycles. The van der Waals surface area contributed by atoms with Crippen LogP contribution in [-0.4, -0.2) is 181 Å². The summed E-state index contributed by atoms with van der Waals surface area (Å²) in [7, 11) is 0. The lowest BCUT2D eigenvalue weighted by Gasteiger charge is -2.63. The van der Waals surface area contributed by atoms with E-state index in [9.17, 15) is 55.9 Å². The number of aliphatic hydroxyl groups is 10. The number of carbonyl (C=O) groups excluding carboxylic acids is 1. The van der Waals surface area contributed by atoms with E-state index in [1.165, 1.54) is 6.92 Å². The molecule has 7 fully saturated rings. The van der Waals surface area contributed by atoms with E-state index in [0.717, 1.165) is 32.1 Å². The molecule has 7 rings (SSSR count). The van der Waals surface area contributed by atoms with E-state index in [1.807, 2.05) is 0 Å². The fourth-order valence-electron chi connectivity index (χ4n) is 13.6. The first-order valence-corrected chi connectivity index (χ1v) is 23.9. The van der Waals surface area contributed by atoms with Gasteiger partial charge in [-0.15, -0.1) is 0 Å². The molecule has 0 radical (unpaired) electrons. The van der Waals surface area contributed by atoms with E-state index in [0.29, 0.717) is 31.6 Å². The van der Waals surface area contributed by atoms with Gasteiger partial charge in [-0.2, -0.15) is 0 Å². The average Bonchev–Trinajstić information content (AvgIpc) is 3.71. The molecule has 25 atom stereocenters. The largest absolute Gasteiger partial charge is 0.463 e. The van der Waals surface area contributed by atoms with Crippen molar-refractivity contribution >= 4 is 5.97 Å². The monoisotopic (exact) mass is 919 g/mol. The van der Waals surface area contributed by atoms with Crippen LogP contribution >= 0.6 is 0 Å². The molecule has 3 heterocycles. The van der Waals surface area contributed by atoms with Gasteiger partial charge in [0.2, 0.25) is 0 Å². The molecule has 4 saturated carbocycles. The van der Waals surface area contributed by atoms with E-state index in [4.69, 9.17) is 33.2 Å². The minimum absolute atomic E-state index is 0.0737. The molecule has 0 aromatic rings. The quantitative estimate of drug-likeness (QED) is 0.103. The summed E-state index contributed by atoms with van der Waals surface area (Å²) in [6, 6.07) is 0. The minimum atomic E-state index is -2.03. The first kappa shape index (κ1) is 50.7. The molecule has 64 heavy (non-hydrogen) atoms. The van der Waals surface area contributed by atoms with Gasteiger partial charge in [0.1, 0.15) is 61.0 Å². The first-order chi connectivity index (χ1) is 30.0. The van der Waals surface area contributed by atoms with Gasteiger partial charge in [0, 0.05) is 13.3 Å². The number of aliphatic hydroxyl groups excluding tert-OH is 9. The van der Waals surface area contributed by atoms with Gasteiger partial charge in [-0.1, -0.05) is 34.6 Å². The molecule has 0 spiro atoms. The van der Waals surface area contributed by atoms with E-state index >= 15 is 0 Å². The van der Waals surface area contributed by atoms with Gasteiger partial charge >= 0.3 is 5.97 Å². The van der Waals surface area contributed by atoms with Gasteiger partial charge in [0.25, 0.3) is 0 Å². The third-order valence-electron chi connectivity index (χ3n) is 17.4. The van der Waals surface area contributed by atoms with Crippen LogP contribution in [0.2, 0.25) is 0 Å². The predicted octanol–water partition coefficient (Wildman–Crippen LogP) is 0.0927. The number of hydrogen-bond acceptors (Lipinski definition) is 18. The molecule has 0 unspecified atom stereocenters. The summed E-state index contributed by atoms with van der Waals surface area (Å²) in [6.07, 6.45) is -13.2. The van der Waals surface area contributed by atoms with Crippen molar-refractivity contribution in [2.45, 2.75) is 210 Å². The normalized spacial score (nSPS) is 51.5. The Kier molecular flexibility index (Phi) is 15.6. The van der Waals surface area contributed by atoms with E-state index in [-0.39, 0.29) is 40.9 Å². The van der Waals surface area contributed by atoms with Gasteiger partial charge in [-0.25, -0.2) is 0 Å². The summed E-state index contributed by atoms with van der Waals surface area (Å²) in [5.41, 5.74) is -2.83. The van der Waals surface area contributed by atoms with Crippen LogP contribution < -0.4 is 0 Å². The number of fused-ring (bicyclic) bond motifs is 5. The second-order valence-electron chi connectivity index (χ2n) is 21.6. The highest BCUT2D eigenvalue weighted by atomic mass is 16.7. The van der Waals surface area contributed by atoms with Crippen LogP contribution in [0.4, 0.5) is 0 Å². The topological polar surface area (TPSA) is 284 Å². The van der Waals surface area contributed by atoms with Crippen LogP contribution in [0.15, 0.2) is 0 Å². The van der Waals surface area contributed by atoms with Crippen molar-refractivity contribution in [3.8, 4) is 0 Å². The highest BCUT2D eigenvalue weighted by Crippen LogP contribution is 2.69. The first-order valence-electron chi connectivity index (χ1n) is 23.9. The van der Waals surface area contributed by atoms with Crippen molar-refractivity contribution < 1.29 is 89.0 Å². The Morgan fingerprint density at radius 3 is 2.14 bits per heavy atom. The van der Waals surface area contributed by atoms with Crippen LogP contribution in [0.25, 0.3) is 0 Å². The highest BCUT2D eigenvalue weighted by molar-refractivity contribution is 5.65. The highest BCUT2D eigenvalue weighted by Gasteiger charge is 2.67. The third-order valence-corrected chi connectivity index (χ3v) is 17.4. The molecule has 0 aromatic heterocycles. The second kappa shape index (κ2) is 19.7. The van der Waals surface area contributed by atoms with Crippen molar-refractivity contribution in [3.63, 3.8) is 0 Å². The molecule has 370 valence electrons. The summed E-state index contributed by atoms with van der Waals surface area (Å²) >= 11 is 0. The van der Waals surface area contributed by atoms with Gasteiger partial charge < -0.3 is 84.2 Å².